The summed E-state index contributed by atoms with van der Waals surface area (Å²) in [6.45, 7) is 1.61. The minimum absolute atomic E-state index is 0.0108. The molecule has 0 unspecified atom stereocenters. The highest BCUT2D eigenvalue weighted by Crippen LogP contribution is 2.19. The predicted molar refractivity (Wildman–Crippen MR) is 107 cm³/mol. The molecule has 2 aromatic carbocycles. The van der Waals surface area contributed by atoms with Crippen LogP contribution in [-0.2, 0) is 22.6 Å². The molecule has 5 nitrogen and oxygen atoms in total. The minimum atomic E-state index is -0.553. The normalized spacial score (nSPS) is 10.9. The molecular formula is C19H16BrFN2O3S. The molecule has 0 bridgehead atoms. The summed E-state index contributed by atoms with van der Waals surface area (Å²) in [6, 6.07) is 11.8. The largest absolute Gasteiger partial charge is 0.465 e. The van der Waals surface area contributed by atoms with Crippen LogP contribution in [0.4, 0.5) is 4.39 Å². The number of aromatic nitrogens is 2. The molecule has 0 atom stereocenters. The highest BCUT2D eigenvalue weighted by molar-refractivity contribution is 9.10. The van der Waals surface area contributed by atoms with Crippen LogP contribution in [0, 0.1) is 10.5 Å². The van der Waals surface area contributed by atoms with Gasteiger partial charge in [-0.1, -0.05) is 46.3 Å². The summed E-state index contributed by atoms with van der Waals surface area (Å²) in [6.07, 6.45) is 0. The molecule has 0 saturated carbocycles. The second-order valence-corrected chi connectivity index (χ2v) is 7.12. The van der Waals surface area contributed by atoms with Crippen molar-refractivity contribution in [3.05, 3.63) is 73.4 Å². The van der Waals surface area contributed by atoms with Gasteiger partial charge in [0.1, 0.15) is 17.0 Å². The van der Waals surface area contributed by atoms with Crippen molar-refractivity contribution < 1.29 is 13.9 Å². The van der Waals surface area contributed by atoms with E-state index in [0.717, 1.165) is 0 Å². The molecule has 8 heteroatoms. The lowest BCUT2D eigenvalue weighted by Crippen LogP contribution is -2.34. The molecule has 27 heavy (non-hydrogen) atoms. The lowest BCUT2D eigenvalue weighted by Gasteiger charge is -2.15. The van der Waals surface area contributed by atoms with E-state index in [4.69, 9.17) is 17.0 Å². The molecule has 0 spiro atoms. The number of hydrogen-bond acceptors (Lipinski definition) is 4. The van der Waals surface area contributed by atoms with Crippen LogP contribution < -0.4 is 5.69 Å². The number of ether oxygens (including phenoxy) is 1. The van der Waals surface area contributed by atoms with Crippen molar-refractivity contribution in [2.45, 2.75) is 20.0 Å². The van der Waals surface area contributed by atoms with E-state index in [1.807, 2.05) is 0 Å². The Morgan fingerprint density at radius 3 is 2.67 bits per heavy atom. The maximum absolute atomic E-state index is 14.3. The van der Waals surface area contributed by atoms with Crippen molar-refractivity contribution >= 4 is 45.0 Å². The Morgan fingerprint density at radius 1 is 1.22 bits per heavy atom. The number of hydrogen-bond donors (Lipinski definition) is 0. The predicted octanol–water partition coefficient (Wildman–Crippen LogP) is 4.05. The number of benzene rings is 2. The van der Waals surface area contributed by atoms with Crippen molar-refractivity contribution in [1.29, 1.82) is 0 Å². The number of esters is 1. The van der Waals surface area contributed by atoms with Crippen molar-refractivity contribution in [2.24, 2.45) is 0 Å². The van der Waals surface area contributed by atoms with E-state index in [1.165, 1.54) is 15.2 Å². The smallest absolute Gasteiger partial charge is 0.330 e. The highest BCUT2D eigenvalue weighted by atomic mass is 79.9. The second-order valence-electron chi connectivity index (χ2n) is 5.82. The third-order valence-electron chi connectivity index (χ3n) is 4.07. The first-order valence-electron chi connectivity index (χ1n) is 8.24. The fourth-order valence-electron chi connectivity index (χ4n) is 2.82. The summed E-state index contributed by atoms with van der Waals surface area (Å²) in [7, 11) is 0. The SMILES string of the molecule is CCOC(=O)Cn1c(=S)c2ccccc2n(Cc2ccc(Br)cc2F)c1=O. The van der Waals surface area contributed by atoms with Gasteiger partial charge in [0.2, 0.25) is 0 Å². The van der Waals surface area contributed by atoms with Crippen LogP contribution in [0.25, 0.3) is 10.9 Å². The maximum atomic E-state index is 14.3. The Balaban J connectivity index is 2.20. The fourth-order valence-corrected chi connectivity index (χ4v) is 3.47. The van der Waals surface area contributed by atoms with Crippen molar-refractivity contribution in [3.8, 4) is 0 Å². The van der Waals surface area contributed by atoms with E-state index in [2.05, 4.69) is 15.9 Å². The van der Waals surface area contributed by atoms with E-state index in [0.29, 0.717) is 20.9 Å². The maximum Gasteiger partial charge on any atom is 0.330 e. The molecule has 0 aliphatic heterocycles. The van der Waals surface area contributed by atoms with Crippen LogP contribution >= 0.6 is 28.1 Å². The molecule has 140 valence electrons. The molecular weight excluding hydrogens is 435 g/mol. The minimum Gasteiger partial charge on any atom is -0.465 e. The van der Waals surface area contributed by atoms with Crippen LogP contribution in [0.15, 0.2) is 51.7 Å². The summed E-state index contributed by atoms with van der Waals surface area (Å²) < 4.78 is 22.7. The first-order valence-corrected chi connectivity index (χ1v) is 9.44. The van der Waals surface area contributed by atoms with Gasteiger partial charge in [-0.15, -0.1) is 0 Å². The van der Waals surface area contributed by atoms with Gasteiger partial charge >= 0.3 is 11.7 Å². The Morgan fingerprint density at radius 2 is 1.96 bits per heavy atom. The lowest BCUT2D eigenvalue weighted by atomic mass is 10.2. The van der Waals surface area contributed by atoms with Crippen LogP contribution in [0.3, 0.4) is 0 Å². The van der Waals surface area contributed by atoms with Crippen LogP contribution in [0.2, 0.25) is 0 Å². The summed E-state index contributed by atoms with van der Waals surface area (Å²) >= 11 is 8.63. The van der Waals surface area contributed by atoms with E-state index in [1.54, 1.807) is 43.3 Å². The molecule has 3 rings (SSSR count). The van der Waals surface area contributed by atoms with Gasteiger partial charge in [-0.3, -0.25) is 13.9 Å². The quantitative estimate of drug-likeness (QED) is 0.434. The average molecular weight is 451 g/mol. The molecule has 0 fully saturated rings. The zero-order chi connectivity index (χ0) is 19.6. The summed E-state index contributed by atoms with van der Waals surface area (Å²) in [5, 5.41) is 0.633. The molecule has 0 amide bonds. The highest BCUT2D eigenvalue weighted by Gasteiger charge is 2.15. The Hall–Kier alpha value is -2.32. The molecule has 0 aliphatic carbocycles. The zero-order valence-corrected chi connectivity index (χ0v) is 16.8. The standard InChI is InChI=1S/C19H16BrFN2O3S/c1-2-26-17(24)11-23-18(27)14-5-3-4-6-16(14)22(19(23)25)10-12-7-8-13(20)9-15(12)21/h3-9H,2,10-11H2,1H3. The topological polar surface area (TPSA) is 53.2 Å². The molecule has 1 aromatic heterocycles. The zero-order valence-electron chi connectivity index (χ0n) is 14.4. The molecule has 1 heterocycles. The number of carbonyl (C=O) groups is 1. The van der Waals surface area contributed by atoms with Gasteiger partial charge in [-0.2, -0.15) is 0 Å². The number of carbonyl (C=O) groups excluding carboxylic acids is 1. The third kappa shape index (κ3) is 4.01. The van der Waals surface area contributed by atoms with Crippen molar-refractivity contribution in [3.63, 3.8) is 0 Å². The molecule has 3 aromatic rings. The lowest BCUT2D eigenvalue weighted by molar-refractivity contribution is -0.143. The first-order chi connectivity index (χ1) is 12.9. The Bertz CT molecular complexity index is 1140. The molecule has 0 N–H and O–H groups in total. The van der Waals surface area contributed by atoms with Gasteiger partial charge in [0.15, 0.2) is 0 Å². The van der Waals surface area contributed by atoms with E-state index in [9.17, 15) is 14.0 Å². The average Bonchev–Trinajstić information content (AvgIpc) is 2.64. The van der Waals surface area contributed by atoms with Gasteiger partial charge in [0, 0.05) is 15.4 Å². The van der Waals surface area contributed by atoms with E-state index in [-0.39, 0.29) is 24.3 Å². The number of para-hydroxylation sites is 1. The monoisotopic (exact) mass is 450 g/mol. The van der Waals surface area contributed by atoms with Crippen LogP contribution in [0.5, 0.6) is 0 Å². The van der Waals surface area contributed by atoms with Crippen LogP contribution in [-0.4, -0.2) is 21.7 Å². The van der Waals surface area contributed by atoms with Gasteiger partial charge < -0.3 is 4.74 Å². The Labute approximate surface area is 168 Å². The van der Waals surface area contributed by atoms with Crippen LogP contribution in [0.1, 0.15) is 12.5 Å². The van der Waals surface area contributed by atoms with Gasteiger partial charge in [-0.05, 0) is 31.2 Å². The van der Waals surface area contributed by atoms with Gasteiger partial charge in [0.05, 0.1) is 18.7 Å². The van der Waals surface area contributed by atoms with Crippen molar-refractivity contribution in [1.82, 2.24) is 9.13 Å². The van der Waals surface area contributed by atoms with Gasteiger partial charge in [0.25, 0.3) is 0 Å². The molecule has 0 saturated heterocycles. The summed E-state index contributed by atoms with van der Waals surface area (Å²) in [5.41, 5.74) is 0.439. The number of rotatable bonds is 5. The van der Waals surface area contributed by atoms with Crippen molar-refractivity contribution in [2.75, 3.05) is 6.61 Å². The summed E-state index contributed by atoms with van der Waals surface area (Å²) in [4.78, 5) is 25.0. The third-order valence-corrected chi connectivity index (χ3v) is 5.00. The molecule has 0 radical (unpaired) electrons. The number of fused-ring (bicyclic) bond motifs is 1. The number of nitrogens with zero attached hydrogens (tertiary/aromatic N) is 2. The fraction of sp³-hybridized carbons (Fsp3) is 0.211. The molecule has 0 aliphatic rings. The summed E-state index contributed by atoms with van der Waals surface area (Å²) in [5.74, 6) is -0.984. The van der Waals surface area contributed by atoms with E-state index >= 15 is 0 Å². The number of halogens is 2. The first kappa shape index (κ1) is 19.4. The van der Waals surface area contributed by atoms with Gasteiger partial charge in [-0.25, -0.2) is 9.18 Å². The Kier molecular flexibility index (Phi) is 5.86. The second kappa shape index (κ2) is 8.14. The van der Waals surface area contributed by atoms with E-state index < -0.39 is 17.5 Å².